The maximum absolute atomic E-state index is 12.2. The number of hydrogen-bond donors (Lipinski definition) is 0. The van der Waals surface area contributed by atoms with Gasteiger partial charge >= 0.3 is 0 Å². The fourth-order valence-corrected chi connectivity index (χ4v) is 2.66. The Balaban J connectivity index is 0.00000289. The van der Waals surface area contributed by atoms with Crippen LogP contribution in [-0.4, -0.2) is 44.8 Å². The fraction of sp³-hybridized carbons (Fsp3) is 0.462. The van der Waals surface area contributed by atoms with Crippen LogP contribution in [0.3, 0.4) is 0 Å². The van der Waals surface area contributed by atoms with Crippen molar-refractivity contribution in [2.45, 2.75) is 20.8 Å². The number of rotatable bonds is 5. The molecule has 1 rings (SSSR count). The largest absolute Gasteiger partial charge is 0.496 e. The molecule has 0 aliphatic carbocycles. The zero-order chi connectivity index (χ0) is 13.0. The first-order chi connectivity index (χ1) is 8.06. The van der Waals surface area contributed by atoms with Crippen LogP contribution in [0, 0.1) is 13.8 Å². The molecular weight excluding hydrogens is 242 g/mol. The summed E-state index contributed by atoms with van der Waals surface area (Å²) in [6, 6.07) is 1.98. The van der Waals surface area contributed by atoms with Gasteiger partial charge in [0.25, 0.3) is 0 Å². The van der Waals surface area contributed by atoms with Crippen molar-refractivity contribution in [3.8, 4) is 11.5 Å². The third-order valence-electron chi connectivity index (χ3n) is 2.58. The average molecular weight is 261 g/mol. The molecule has 3 nitrogen and oxygen atoms in total. The van der Waals surface area contributed by atoms with Crippen LogP contribution in [0.25, 0.3) is 0 Å². The van der Waals surface area contributed by atoms with E-state index in [0.717, 1.165) is 17.3 Å². The minimum Gasteiger partial charge on any atom is -0.496 e. The Hall–Kier alpha value is -0.483. The second kappa shape index (κ2) is 7.84. The first kappa shape index (κ1) is 17.5. The van der Waals surface area contributed by atoms with Gasteiger partial charge in [0.2, 0.25) is 0 Å². The molecule has 1 aromatic carbocycles. The molecule has 1 atom stereocenters. The summed E-state index contributed by atoms with van der Waals surface area (Å²) in [4.78, 5) is 12.2. The quantitative estimate of drug-likeness (QED) is 0.604. The molecular formula is C13H19LiO3P. The molecule has 1 aromatic rings. The summed E-state index contributed by atoms with van der Waals surface area (Å²) in [5.41, 5.74) is 2.63. The molecule has 18 heavy (non-hydrogen) atoms. The van der Waals surface area contributed by atoms with Crippen LogP contribution < -0.4 is 9.47 Å². The van der Waals surface area contributed by atoms with E-state index in [1.54, 1.807) is 14.2 Å². The van der Waals surface area contributed by atoms with Crippen LogP contribution in [-0.2, 0) is 0 Å². The number of ether oxygens (including phenoxy) is 2. The molecule has 0 aliphatic rings. The van der Waals surface area contributed by atoms with E-state index < -0.39 is 0 Å². The van der Waals surface area contributed by atoms with Gasteiger partial charge in [-0.1, -0.05) is 6.92 Å². The monoisotopic (exact) mass is 261 g/mol. The van der Waals surface area contributed by atoms with Gasteiger partial charge in [0.05, 0.1) is 14.2 Å². The van der Waals surface area contributed by atoms with Gasteiger partial charge in [-0.2, -0.15) is 0 Å². The summed E-state index contributed by atoms with van der Waals surface area (Å²) < 4.78 is 10.7. The topological polar surface area (TPSA) is 35.5 Å². The molecule has 0 heterocycles. The van der Waals surface area contributed by atoms with Gasteiger partial charge in [-0.25, -0.2) is 0 Å². The van der Waals surface area contributed by atoms with Crippen molar-refractivity contribution >= 4 is 33.0 Å². The smallest absolute Gasteiger partial charge is 0.188 e. The summed E-state index contributed by atoms with van der Waals surface area (Å²) in [6.45, 7) is 5.88. The van der Waals surface area contributed by atoms with Crippen molar-refractivity contribution < 1.29 is 14.3 Å². The first-order valence-electron chi connectivity index (χ1n) is 5.57. The van der Waals surface area contributed by atoms with Gasteiger partial charge in [-0.15, -0.1) is 0 Å². The molecule has 0 aliphatic heterocycles. The van der Waals surface area contributed by atoms with Crippen LogP contribution in [0.1, 0.15) is 28.4 Å². The third-order valence-corrected chi connectivity index (χ3v) is 3.50. The molecule has 0 saturated heterocycles. The predicted molar refractivity (Wildman–Crippen MR) is 78.0 cm³/mol. The molecule has 1 unspecified atom stereocenters. The van der Waals surface area contributed by atoms with E-state index >= 15 is 0 Å². The Bertz CT molecular complexity index is 404. The van der Waals surface area contributed by atoms with Gasteiger partial charge < -0.3 is 9.47 Å². The van der Waals surface area contributed by atoms with Crippen molar-refractivity contribution in [3.05, 3.63) is 22.8 Å². The predicted octanol–water partition coefficient (Wildman–Crippen LogP) is 2.78. The van der Waals surface area contributed by atoms with E-state index in [9.17, 15) is 4.79 Å². The Labute approximate surface area is 123 Å². The second-order valence-electron chi connectivity index (χ2n) is 3.81. The van der Waals surface area contributed by atoms with Crippen molar-refractivity contribution in [1.29, 1.82) is 0 Å². The standard InChI is InChI=1S/C13H19O3P.Li/c1-6-17-13(14)10-11(15-4)8(2)7-9(3)12(10)16-5;/h7,17H,6H2,1-5H3;. The van der Waals surface area contributed by atoms with E-state index in [4.69, 9.17) is 9.47 Å². The van der Waals surface area contributed by atoms with Crippen molar-refractivity contribution in [2.24, 2.45) is 0 Å². The molecule has 0 spiro atoms. The summed E-state index contributed by atoms with van der Waals surface area (Å²) >= 11 is 0. The van der Waals surface area contributed by atoms with Gasteiger partial charge in [-0.05, 0) is 45.8 Å². The normalized spacial score (nSPS) is 10.3. The van der Waals surface area contributed by atoms with Gasteiger partial charge in [0, 0.05) is 18.9 Å². The summed E-state index contributed by atoms with van der Waals surface area (Å²) in [5.74, 6) is 1.27. The zero-order valence-corrected chi connectivity index (χ0v) is 13.0. The Morgan fingerprint density at radius 2 is 1.61 bits per heavy atom. The number of benzene rings is 1. The van der Waals surface area contributed by atoms with Crippen LogP contribution in [0.2, 0.25) is 0 Å². The Morgan fingerprint density at radius 1 is 1.17 bits per heavy atom. The van der Waals surface area contributed by atoms with Crippen molar-refractivity contribution in [2.75, 3.05) is 20.4 Å². The van der Waals surface area contributed by atoms with Crippen LogP contribution >= 0.6 is 8.58 Å². The van der Waals surface area contributed by atoms with E-state index in [0.29, 0.717) is 17.1 Å². The minimum atomic E-state index is 0. The number of hydrogen-bond acceptors (Lipinski definition) is 3. The van der Waals surface area contributed by atoms with Gasteiger partial charge in [-0.3, -0.25) is 4.79 Å². The molecule has 1 radical (unpaired) electrons. The summed E-state index contributed by atoms with van der Waals surface area (Å²) in [7, 11) is 3.43. The van der Waals surface area contributed by atoms with Crippen LogP contribution in [0.5, 0.6) is 11.5 Å². The van der Waals surface area contributed by atoms with Crippen molar-refractivity contribution in [3.63, 3.8) is 0 Å². The summed E-state index contributed by atoms with van der Waals surface area (Å²) in [5, 5.41) is 0. The molecule has 5 heteroatoms. The SMILES string of the molecule is CCPC(=O)c1c(OC)c(C)cc(C)c1OC.[Li]. The maximum Gasteiger partial charge on any atom is 0.188 e. The molecule has 0 aromatic heterocycles. The summed E-state index contributed by atoms with van der Waals surface area (Å²) in [6.07, 6.45) is 0.845. The molecule has 0 amide bonds. The molecule has 95 valence electrons. The number of aryl methyl sites for hydroxylation is 2. The number of carbonyl (C=O) groups is 1. The molecule has 0 fully saturated rings. The Morgan fingerprint density at radius 3 is 1.94 bits per heavy atom. The minimum absolute atomic E-state index is 0. The van der Waals surface area contributed by atoms with E-state index in [1.165, 1.54) is 0 Å². The van der Waals surface area contributed by atoms with Gasteiger partial charge in [0.15, 0.2) is 5.52 Å². The second-order valence-corrected chi connectivity index (χ2v) is 5.33. The molecule has 0 saturated carbocycles. The van der Waals surface area contributed by atoms with Crippen LogP contribution in [0.15, 0.2) is 6.07 Å². The number of methoxy groups -OCH3 is 2. The first-order valence-corrected chi connectivity index (χ1v) is 6.77. The molecule has 0 N–H and O–H groups in total. The average Bonchev–Trinajstić information content (AvgIpc) is 2.28. The van der Waals surface area contributed by atoms with E-state index in [2.05, 4.69) is 0 Å². The third kappa shape index (κ3) is 3.51. The number of carbonyl (C=O) groups excluding carboxylic acids is 1. The fourth-order valence-electron chi connectivity index (χ4n) is 1.93. The van der Waals surface area contributed by atoms with Crippen molar-refractivity contribution in [1.82, 2.24) is 0 Å². The van der Waals surface area contributed by atoms with Gasteiger partial charge in [0.1, 0.15) is 17.1 Å². The van der Waals surface area contributed by atoms with E-state index in [-0.39, 0.29) is 33.0 Å². The Kier molecular flexibility index (Phi) is 7.63. The zero-order valence-electron chi connectivity index (χ0n) is 12.0. The molecule has 0 bridgehead atoms. The maximum atomic E-state index is 12.2. The van der Waals surface area contributed by atoms with E-state index in [1.807, 2.05) is 26.8 Å². The van der Waals surface area contributed by atoms with Crippen LogP contribution in [0.4, 0.5) is 0 Å².